The first kappa shape index (κ1) is 10.2. The Balaban J connectivity index is 2.22. The van der Waals surface area contributed by atoms with Crippen molar-refractivity contribution in [3.05, 3.63) is 29.8 Å². The van der Waals surface area contributed by atoms with Crippen LogP contribution in [0, 0.1) is 11.6 Å². The van der Waals surface area contributed by atoms with Gasteiger partial charge in [-0.3, -0.25) is 0 Å². The van der Waals surface area contributed by atoms with Gasteiger partial charge in [-0.15, -0.1) is 0 Å². The van der Waals surface area contributed by atoms with Crippen LogP contribution in [0.3, 0.4) is 0 Å². The van der Waals surface area contributed by atoms with E-state index in [2.05, 4.69) is 0 Å². The summed E-state index contributed by atoms with van der Waals surface area (Å²) in [5, 5.41) is 0. The second kappa shape index (κ2) is 4.49. The number of rotatable bonds is 1. The van der Waals surface area contributed by atoms with Crippen molar-refractivity contribution in [3.8, 4) is 0 Å². The molecule has 0 saturated carbocycles. The van der Waals surface area contributed by atoms with E-state index in [1.807, 2.05) is 0 Å². The molecule has 3 heteroatoms. The van der Waals surface area contributed by atoms with Crippen molar-refractivity contribution < 1.29 is 8.78 Å². The van der Waals surface area contributed by atoms with E-state index in [4.69, 9.17) is 0 Å². The number of hydrogen-bond acceptors (Lipinski definition) is 0. The van der Waals surface area contributed by atoms with Crippen molar-refractivity contribution in [1.29, 1.82) is 0 Å². The minimum absolute atomic E-state index is 0.295. The zero-order valence-electron chi connectivity index (χ0n) is 8.10. The van der Waals surface area contributed by atoms with E-state index in [0.29, 0.717) is 0 Å². The van der Waals surface area contributed by atoms with Gasteiger partial charge < -0.3 is 0 Å². The van der Waals surface area contributed by atoms with Gasteiger partial charge in [0.25, 0.3) is 0 Å². The Morgan fingerprint density at radius 3 is 2.36 bits per heavy atom. The molecule has 1 fully saturated rings. The van der Waals surface area contributed by atoms with Crippen LogP contribution in [0.1, 0.15) is 19.3 Å². The van der Waals surface area contributed by atoms with Crippen LogP contribution in [-0.2, 0) is 0 Å². The number of hydrogen-bond donors (Lipinski definition) is 0. The van der Waals surface area contributed by atoms with Gasteiger partial charge in [0.15, 0.2) is 0 Å². The Morgan fingerprint density at radius 1 is 1.00 bits per heavy atom. The van der Waals surface area contributed by atoms with Gasteiger partial charge in [-0.2, -0.15) is 0 Å². The average Bonchev–Trinajstić information content (AvgIpc) is 2.19. The maximum absolute atomic E-state index is 13.4. The third-order valence-corrected chi connectivity index (χ3v) is 10.5. The Bertz CT molecular complexity index is 319. The average molecular weight is 253 g/mol. The topological polar surface area (TPSA) is 0 Å². The summed E-state index contributed by atoms with van der Waals surface area (Å²) in [6.45, 7) is 0. The molecule has 74 valence electrons. The van der Waals surface area contributed by atoms with Crippen molar-refractivity contribution in [1.82, 2.24) is 0 Å². The predicted molar refractivity (Wildman–Crippen MR) is 55.2 cm³/mol. The van der Waals surface area contributed by atoms with Crippen molar-refractivity contribution >= 4 is 20.3 Å². The molecule has 0 unspecified atom stereocenters. The van der Waals surface area contributed by atoms with E-state index in [1.54, 1.807) is 6.07 Å². The summed E-state index contributed by atoms with van der Waals surface area (Å²) in [4.78, 5) is 2.46. The van der Waals surface area contributed by atoms with Crippen LogP contribution in [-0.4, -0.2) is 16.2 Å². The Kier molecular flexibility index (Phi) is 3.28. The zero-order valence-corrected chi connectivity index (χ0v) is 10.5. The zero-order chi connectivity index (χ0) is 9.97. The maximum atomic E-state index is 13.4. The van der Waals surface area contributed by atoms with Crippen molar-refractivity contribution in [2.75, 3.05) is 0 Å². The van der Waals surface area contributed by atoms with Gasteiger partial charge in [0.1, 0.15) is 0 Å². The molecule has 0 atom stereocenters. The van der Waals surface area contributed by atoms with Crippen molar-refractivity contribution in [2.45, 2.75) is 29.2 Å². The molecule has 1 aromatic carbocycles. The third kappa shape index (κ3) is 2.20. The van der Waals surface area contributed by atoms with Gasteiger partial charge in [0, 0.05) is 0 Å². The molecule has 0 nitrogen and oxygen atoms in total. The summed E-state index contributed by atoms with van der Waals surface area (Å²) in [6, 6.07) is 4.12. The molecule has 0 aliphatic carbocycles. The summed E-state index contributed by atoms with van der Waals surface area (Å²) >= 11 is -1.57. The molecule has 0 N–H and O–H groups in total. The van der Waals surface area contributed by atoms with E-state index in [9.17, 15) is 8.78 Å². The molecule has 1 heterocycles. The molecule has 0 bridgehead atoms. The summed E-state index contributed by atoms with van der Waals surface area (Å²) in [5.74, 6) is -0.749. The van der Waals surface area contributed by atoms with Crippen LogP contribution >= 0.6 is 0 Å². The molecular weight excluding hydrogens is 240 g/mol. The molecular formula is C11H13F2Ga. The molecule has 1 aliphatic heterocycles. The van der Waals surface area contributed by atoms with Crippen LogP contribution in [0.2, 0.25) is 9.95 Å². The molecule has 1 aliphatic rings. The van der Waals surface area contributed by atoms with Gasteiger partial charge in [0.05, 0.1) is 0 Å². The monoisotopic (exact) mass is 252 g/mol. The molecule has 2 rings (SSSR count). The summed E-state index contributed by atoms with van der Waals surface area (Å²) < 4.78 is 27.0. The first-order valence-corrected chi connectivity index (χ1v) is 9.86. The summed E-state index contributed by atoms with van der Waals surface area (Å²) in [6.07, 6.45) is 3.80. The quantitative estimate of drug-likeness (QED) is 0.675. The van der Waals surface area contributed by atoms with E-state index in [0.717, 1.165) is 10.2 Å². The van der Waals surface area contributed by atoms with E-state index in [-0.39, 0.29) is 5.82 Å². The Morgan fingerprint density at radius 2 is 1.71 bits per heavy atom. The van der Waals surface area contributed by atoms with Crippen molar-refractivity contribution in [2.24, 2.45) is 0 Å². The second-order valence-electron chi connectivity index (χ2n) is 4.00. The molecule has 0 spiro atoms. The van der Waals surface area contributed by atoms with Gasteiger partial charge >= 0.3 is 88.2 Å². The fourth-order valence-electron chi connectivity index (χ4n) is 2.25. The van der Waals surface area contributed by atoms with Crippen LogP contribution in [0.5, 0.6) is 0 Å². The van der Waals surface area contributed by atoms with Crippen LogP contribution < -0.4 is 4.12 Å². The molecule has 14 heavy (non-hydrogen) atoms. The van der Waals surface area contributed by atoms with Gasteiger partial charge in [0.2, 0.25) is 0 Å². The standard InChI is InChI=1S/C6H3F2.C5H10.Ga/c7-5-2-1-3-6(8)4-5;1-3-5-4-2;/h1-2,4H;1-5H2;. The predicted octanol–water partition coefficient (Wildman–Crippen LogP) is 2.85. The SMILES string of the molecule is Fc1cc[c]([Ga]2[CH2]CCC[CH2]2)c(F)c1. The second-order valence-corrected chi connectivity index (χ2v) is 10.7. The van der Waals surface area contributed by atoms with Crippen LogP contribution in [0.25, 0.3) is 0 Å². The summed E-state index contributed by atoms with van der Waals surface area (Å²) in [7, 11) is 0. The van der Waals surface area contributed by atoms with E-state index >= 15 is 0 Å². The van der Waals surface area contributed by atoms with Gasteiger partial charge in [-0.05, 0) is 0 Å². The molecule has 1 saturated heterocycles. The van der Waals surface area contributed by atoms with Crippen LogP contribution in [0.4, 0.5) is 8.78 Å². The molecule has 0 radical (unpaired) electrons. The fourth-order valence-corrected chi connectivity index (χ4v) is 9.20. The number of benzene rings is 1. The van der Waals surface area contributed by atoms with E-state index < -0.39 is 22.0 Å². The molecule has 1 aromatic rings. The molecule has 0 amide bonds. The fraction of sp³-hybridized carbons (Fsp3) is 0.455. The van der Waals surface area contributed by atoms with E-state index in [1.165, 1.54) is 35.3 Å². The number of halogens is 2. The third-order valence-electron chi connectivity index (χ3n) is 3.01. The first-order chi connectivity index (χ1) is 6.77. The minimum atomic E-state index is -1.57. The van der Waals surface area contributed by atoms with Crippen molar-refractivity contribution in [3.63, 3.8) is 0 Å². The Hall–Kier alpha value is -0.284. The molecule has 0 aromatic heterocycles. The van der Waals surface area contributed by atoms with Gasteiger partial charge in [-0.25, -0.2) is 0 Å². The van der Waals surface area contributed by atoms with Gasteiger partial charge in [-0.1, -0.05) is 0 Å². The normalized spacial score (nSPS) is 17.1. The Labute approximate surface area is 88.4 Å². The summed E-state index contributed by atoms with van der Waals surface area (Å²) in [5.41, 5.74) is 0. The van der Waals surface area contributed by atoms with Crippen LogP contribution in [0.15, 0.2) is 18.2 Å². The first-order valence-electron chi connectivity index (χ1n) is 5.22.